The molecule has 0 aromatic carbocycles. The van der Waals surface area contributed by atoms with Crippen LogP contribution < -0.4 is 0 Å². The first-order chi connectivity index (χ1) is 33.0. The van der Waals surface area contributed by atoms with Crippen LogP contribution in [0.25, 0.3) is 0 Å². The quantitative estimate of drug-likeness (QED) is 0.0739. The Morgan fingerprint density at radius 3 is 0.973 bits per heavy atom. The lowest BCUT2D eigenvalue weighted by Gasteiger charge is -2.38. The van der Waals surface area contributed by atoms with Gasteiger partial charge in [-0.15, -0.1) is 39.5 Å². The van der Waals surface area contributed by atoms with Crippen molar-refractivity contribution in [1.29, 1.82) is 0 Å². The molecule has 75 heavy (non-hydrogen) atoms. The van der Waals surface area contributed by atoms with E-state index in [0.717, 1.165) is 7.11 Å². The van der Waals surface area contributed by atoms with Gasteiger partial charge < -0.3 is 19.3 Å². The molecule has 0 aromatic heterocycles. The van der Waals surface area contributed by atoms with E-state index in [1.54, 1.807) is 6.58 Å². The van der Waals surface area contributed by atoms with Crippen molar-refractivity contribution in [3.8, 4) is 0 Å². The van der Waals surface area contributed by atoms with Crippen molar-refractivity contribution >= 4 is 0 Å². The molecule has 0 aromatic rings. The molecule has 0 aliphatic heterocycles. The Balaban J connectivity index is -0.000000132. The molecule has 0 spiro atoms. The zero-order valence-electron chi connectivity index (χ0n) is 37.8. The Morgan fingerprint density at radius 2 is 0.747 bits per heavy atom. The van der Waals surface area contributed by atoms with Gasteiger partial charge in [-0.25, -0.2) is 13.2 Å². The standard InChI is InChI=1S/C9H5F13O3.C9H11F7O3.C7H9F5O.2C3H3F3.3C2H4/c1-3(10)5(12,13)25-6(14,8(18,19)20)9(21,22)24-4(11,2-23)7(15,16)17;1-6(10)8(12,13)19-7(11,9(14,15)16)5-18-4-3-17-2;1-5(8)7(11,12)6(9,10)3-4-13-2;2*1-2-3(4,5)6;3*1-2/h23H,1-2H2;1,3-5H2,2H3;1,3-4H2,2H3;2*2H,1H2;3*1-2H2. The summed E-state index contributed by atoms with van der Waals surface area (Å²) in [6.07, 6.45) is -48.0. The molecule has 0 aliphatic carbocycles. The fraction of sp³-hybridized carbons (Fsp3) is 0.568. The second-order valence-electron chi connectivity index (χ2n) is 11.3. The van der Waals surface area contributed by atoms with Gasteiger partial charge in [-0.3, -0.25) is 14.2 Å². The third-order valence-electron chi connectivity index (χ3n) is 5.87. The summed E-state index contributed by atoms with van der Waals surface area (Å²) in [7, 11) is 2.27. The maximum atomic E-state index is 13.5. The maximum Gasteiger partial charge on any atom is 0.458 e. The van der Waals surface area contributed by atoms with Crippen molar-refractivity contribution in [1.82, 2.24) is 0 Å². The van der Waals surface area contributed by atoms with Gasteiger partial charge in [0.15, 0.2) is 17.5 Å². The van der Waals surface area contributed by atoms with Crippen LogP contribution in [0.15, 0.2) is 102 Å². The molecule has 0 saturated carbocycles. The zero-order valence-corrected chi connectivity index (χ0v) is 37.8. The Morgan fingerprint density at radius 1 is 0.440 bits per heavy atom. The molecule has 450 valence electrons. The smallest absolute Gasteiger partial charge is 0.390 e. The summed E-state index contributed by atoms with van der Waals surface area (Å²) in [5.41, 5.74) is 0. The van der Waals surface area contributed by atoms with Crippen molar-refractivity contribution in [2.45, 2.75) is 85.0 Å². The molecule has 0 radical (unpaired) electrons. The number of methoxy groups -OCH3 is 2. The molecular formula is C37H43F31O7. The van der Waals surface area contributed by atoms with E-state index in [1.165, 1.54) is 7.11 Å². The van der Waals surface area contributed by atoms with Crippen molar-refractivity contribution in [3.63, 3.8) is 0 Å². The lowest BCUT2D eigenvalue weighted by Crippen LogP contribution is -2.64. The molecule has 7 nitrogen and oxygen atoms in total. The lowest BCUT2D eigenvalue weighted by atomic mass is 10.1. The third kappa shape index (κ3) is 33.3. The van der Waals surface area contributed by atoms with Crippen LogP contribution in [0.2, 0.25) is 0 Å². The van der Waals surface area contributed by atoms with E-state index in [4.69, 9.17) is 5.11 Å². The monoisotopic (exact) mass is 1190 g/mol. The lowest BCUT2D eigenvalue weighted by molar-refractivity contribution is -0.528. The topological polar surface area (TPSA) is 75.6 Å². The average Bonchev–Trinajstić information content (AvgIpc) is 3.25. The first-order valence-electron chi connectivity index (χ1n) is 17.4. The van der Waals surface area contributed by atoms with Crippen LogP contribution in [0.1, 0.15) is 6.42 Å². The molecule has 0 saturated heterocycles. The van der Waals surface area contributed by atoms with Crippen molar-refractivity contribution < 1.29 is 170 Å². The second-order valence-corrected chi connectivity index (χ2v) is 11.3. The number of aliphatic hydroxyl groups excluding tert-OH is 1. The van der Waals surface area contributed by atoms with Crippen LogP contribution in [0.3, 0.4) is 0 Å². The average molecular weight is 1190 g/mol. The highest BCUT2D eigenvalue weighted by molar-refractivity contribution is 5.05. The van der Waals surface area contributed by atoms with Gasteiger partial charge in [-0.1, -0.05) is 32.9 Å². The van der Waals surface area contributed by atoms with Crippen LogP contribution in [0.4, 0.5) is 136 Å². The molecule has 0 bridgehead atoms. The fourth-order valence-corrected chi connectivity index (χ4v) is 2.32. The molecule has 0 heterocycles. The molecule has 3 unspecified atom stereocenters. The summed E-state index contributed by atoms with van der Waals surface area (Å²) in [6, 6.07) is 0. The Labute approximate surface area is 404 Å². The van der Waals surface area contributed by atoms with Gasteiger partial charge >= 0.3 is 78.6 Å². The van der Waals surface area contributed by atoms with Gasteiger partial charge in [-0.05, 0) is 0 Å². The first-order valence-corrected chi connectivity index (χ1v) is 17.4. The summed E-state index contributed by atoms with van der Waals surface area (Å²) < 4.78 is 397. The predicted octanol–water partition coefficient (Wildman–Crippen LogP) is 15.8. The molecule has 3 atom stereocenters. The highest BCUT2D eigenvalue weighted by atomic mass is 19.4. The number of hydrogen-bond acceptors (Lipinski definition) is 7. The van der Waals surface area contributed by atoms with E-state index in [1.807, 2.05) is 9.47 Å². The third-order valence-corrected chi connectivity index (χ3v) is 5.87. The molecule has 1 N–H and O–H groups in total. The zero-order chi connectivity index (χ0) is 63.1. The fourth-order valence-electron chi connectivity index (χ4n) is 2.32. The number of rotatable bonds is 20. The molecule has 0 aliphatic rings. The van der Waals surface area contributed by atoms with Crippen molar-refractivity contribution in [3.05, 3.63) is 102 Å². The van der Waals surface area contributed by atoms with Crippen LogP contribution in [0.5, 0.6) is 0 Å². The van der Waals surface area contributed by atoms with Crippen molar-refractivity contribution in [2.75, 3.05) is 47.3 Å². The van der Waals surface area contributed by atoms with Gasteiger partial charge in [0.25, 0.3) is 0 Å². The Bertz CT molecular complexity index is 1600. The molecule has 0 amide bonds. The number of halogens is 31. The van der Waals surface area contributed by atoms with Crippen LogP contribution in [-0.4, -0.2) is 131 Å². The molecule has 38 heteroatoms. The van der Waals surface area contributed by atoms with E-state index < -0.39 is 129 Å². The summed E-state index contributed by atoms with van der Waals surface area (Å²) in [5, 5.41) is 8.05. The van der Waals surface area contributed by atoms with E-state index in [9.17, 15) is 136 Å². The number of allylic oxidation sites excluding steroid dienone is 3. The second kappa shape index (κ2) is 35.0. The van der Waals surface area contributed by atoms with Gasteiger partial charge in [0.05, 0.1) is 19.8 Å². The minimum absolute atomic E-state index is 0.0625. The van der Waals surface area contributed by atoms with Gasteiger partial charge in [0, 0.05) is 32.8 Å². The van der Waals surface area contributed by atoms with Crippen LogP contribution in [-0.2, 0) is 28.4 Å². The number of hydrogen-bond donors (Lipinski definition) is 1. The van der Waals surface area contributed by atoms with E-state index >= 15 is 0 Å². The Hall–Kier alpha value is -4.53. The number of alkyl halides is 28. The summed E-state index contributed by atoms with van der Waals surface area (Å²) in [4.78, 5) is 0. The summed E-state index contributed by atoms with van der Waals surface area (Å²) in [5.74, 6) is -35.5. The van der Waals surface area contributed by atoms with E-state index in [2.05, 4.69) is 84.7 Å². The van der Waals surface area contributed by atoms with Crippen molar-refractivity contribution in [2.24, 2.45) is 0 Å². The molecule has 0 fully saturated rings. The first kappa shape index (κ1) is 87.1. The van der Waals surface area contributed by atoms with E-state index in [0.29, 0.717) is 0 Å². The van der Waals surface area contributed by atoms with E-state index in [-0.39, 0.29) is 18.8 Å². The summed E-state index contributed by atoms with van der Waals surface area (Å²) in [6.45, 7) is 22.6. The largest absolute Gasteiger partial charge is 0.458 e. The molecule has 0 rings (SSSR count). The SMILES string of the molecule is C=C.C=C.C=C.C=C(F)C(F)(F)C(F)(F)CCOC.C=C(F)C(F)(F)OC(F)(C(F)(F)F)C(F)(F)OC(F)(CO)C(F)(F)F.C=C(F)C(F)(F)OC(F)(COCCOC)C(F)(F)F.C=CC(F)(F)F.C=CC(F)(F)F. The molecular weight excluding hydrogens is 1150 g/mol. The summed E-state index contributed by atoms with van der Waals surface area (Å²) >= 11 is 0. The maximum absolute atomic E-state index is 13.5. The van der Waals surface area contributed by atoms with Gasteiger partial charge in [0.2, 0.25) is 0 Å². The number of aliphatic hydroxyl groups is 1. The van der Waals surface area contributed by atoms with Crippen LogP contribution >= 0.6 is 0 Å². The Kier molecular flexibility index (Phi) is 40.7. The minimum Gasteiger partial charge on any atom is -0.390 e. The highest BCUT2D eigenvalue weighted by Gasteiger charge is 2.80. The predicted molar refractivity (Wildman–Crippen MR) is 201 cm³/mol. The van der Waals surface area contributed by atoms with Gasteiger partial charge in [0.1, 0.15) is 13.2 Å². The van der Waals surface area contributed by atoms with Crippen LogP contribution in [0, 0.1) is 0 Å². The van der Waals surface area contributed by atoms with Gasteiger partial charge in [-0.2, -0.15) is 123 Å². The normalized spacial score (nSPS) is 14.7. The highest BCUT2D eigenvalue weighted by Crippen LogP contribution is 2.53. The number of ether oxygens (including phenoxy) is 6. The minimum atomic E-state index is -7.29.